The lowest BCUT2D eigenvalue weighted by Gasteiger charge is -2.09. The van der Waals surface area contributed by atoms with Gasteiger partial charge >= 0.3 is 6.18 Å². The molecule has 0 atom stereocenters. The first-order valence-corrected chi connectivity index (χ1v) is 5.71. The smallest absolute Gasteiger partial charge is 0.401 e. The SMILES string of the molecule is CCOc1ccc(NC(=O)CNCC(F)(F)F)cc1. The number of halogens is 3. The van der Waals surface area contributed by atoms with E-state index >= 15 is 0 Å². The molecule has 0 radical (unpaired) electrons. The third-order valence-electron chi connectivity index (χ3n) is 2.06. The quantitative estimate of drug-likeness (QED) is 0.837. The molecule has 106 valence electrons. The number of rotatable bonds is 6. The molecule has 1 aromatic carbocycles. The van der Waals surface area contributed by atoms with Crippen molar-refractivity contribution in [2.24, 2.45) is 0 Å². The van der Waals surface area contributed by atoms with Crippen LogP contribution in [0.25, 0.3) is 0 Å². The molecule has 0 aliphatic rings. The maximum Gasteiger partial charge on any atom is 0.401 e. The van der Waals surface area contributed by atoms with Crippen LogP contribution < -0.4 is 15.4 Å². The van der Waals surface area contributed by atoms with Crippen LogP contribution >= 0.6 is 0 Å². The minimum absolute atomic E-state index is 0.396. The van der Waals surface area contributed by atoms with E-state index in [0.717, 1.165) is 0 Å². The molecular weight excluding hydrogens is 261 g/mol. The van der Waals surface area contributed by atoms with Crippen molar-refractivity contribution in [3.05, 3.63) is 24.3 Å². The summed E-state index contributed by atoms with van der Waals surface area (Å²) in [5.41, 5.74) is 0.502. The first-order chi connectivity index (χ1) is 8.90. The standard InChI is InChI=1S/C12H15F3N2O2/c1-2-19-10-5-3-9(4-6-10)17-11(18)7-16-8-12(13,14)15/h3-6,16H,2,7-8H2,1H3,(H,17,18). The van der Waals surface area contributed by atoms with Gasteiger partial charge in [-0.1, -0.05) is 0 Å². The fourth-order valence-electron chi connectivity index (χ4n) is 1.32. The van der Waals surface area contributed by atoms with Gasteiger partial charge in [0.1, 0.15) is 5.75 Å². The number of alkyl halides is 3. The molecule has 0 aromatic heterocycles. The van der Waals surface area contributed by atoms with E-state index in [1.54, 1.807) is 24.3 Å². The number of anilines is 1. The Morgan fingerprint density at radius 2 is 1.89 bits per heavy atom. The average Bonchev–Trinajstić information content (AvgIpc) is 2.30. The maximum atomic E-state index is 11.8. The monoisotopic (exact) mass is 276 g/mol. The lowest BCUT2D eigenvalue weighted by molar-refractivity contribution is -0.126. The Kier molecular flexibility index (Phi) is 5.62. The van der Waals surface area contributed by atoms with Crippen molar-refractivity contribution in [3.8, 4) is 5.75 Å². The van der Waals surface area contributed by atoms with Gasteiger partial charge in [-0.05, 0) is 31.2 Å². The molecular formula is C12H15F3N2O2. The molecule has 0 unspecified atom stereocenters. The molecule has 0 aliphatic carbocycles. The van der Waals surface area contributed by atoms with Gasteiger partial charge in [-0.3, -0.25) is 4.79 Å². The zero-order valence-electron chi connectivity index (χ0n) is 10.4. The van der Waals surface area contributed by atoms with Crippen LogP contribution in [0, 0.1) is 0 Å². The zero-order chi connectivity index (χ0) is 14.3. The maximum absolute atomic E-state index is 11.8. The molecule has 1 rings (SSSR count). The summed E-state index contributed by atoms with van der Waals surface area (Å²) in [5, 5.41) is 4.49. The van der Waals surface area contributed by atoms with Gasteiger partial charge < -0.3 is 15.4 Å². The number of carbonyl (C=O) groups excluding carboxylic acids is 1. The molecule has 0 spiro atoms. The van der Waals surface area contributed by atoms with Crippen LogP contribution in [0.3, 0.4) is 0 Å². The second kappa shape index (κ2) is 6.98. The number of carbonyl (C=O) groups is 1. The number of hydrogen-bond acceptors (Lipinski definition) is 3. The topological polar surface area (TPSA) is 50.4 Å². The molecule has 0 fully saturated rings. The number of ether oxygens (including phenoxy) is 1. The lowest BCUT2D eigenvalue weighted by Crippen LogP contribution is -2.35. The molecule has 1 amide bonds. The van der Waals surface area contributed by atoms with Crippen LogP contribution in [0.1, 0.15) is 6.92 Å². The normalized spacial score (nSPS) is 11.2. The Balaban J connectivity index is 2.35. The van der Waals surface area contributed by atoms with Gasteiger partial charge in [-0.15, -0.1) is 0 Å². The summed E-state index contributed by atoms with van der Waals surface area (Å²) in [7, 11) is 0. The van der Waals surface area contributed by atoms with Crippen LogP contribution in [0.5, 0.6) is 5.75 Å². The second-order valence-corrected chi connectivity index (χ2v) is 3.72. The predicted molar refractivity (Wildman–Crippen MR) is 65.2 cm³/mol. The van der Waals surface area contributed by atoms with E-state index in [4.69, 9.17) is 4.74 Å². The highest BCUT2D eigenvalue weighted by Gasteiger charge is 2.26. The molecule has 0 saturated carbocycles. The van der Waals surface area contributed by atoms with Gasteiger partial charge in [0, 0.05) is 5.69 Å². The largest absolute Gasteiger partial charge is 0.494 e. The summed E-state index contributed by atoms with van der Waals surface area (Å²) in [4.78, 5) is 11.3. The number of hydrogen-bond donors (Lipinski definition) is 2. The van der Waals surface area contributed by atoms with E-state index in [0.29, 0.717) is 18.0 Å². The molecule has 0 aliphatic heterocycles. The van der Waals surface area contributed by atoms with E-state index in [9.17, 15) is 18.0 Å². The number of benzene rings is 1. The minimum Gasteiger partial charge on any atom is -0.494 e. The molecule has 4 nitrogen and oxygen atoms in total. The number of nitrogens with one attached hydrogen (secondary N) is 2. The van der Waals surface area contributed by atoms with Crippen LogP contribution in [-0.2, 0) is 4.79 Å². The average molecular weight is 276 g/mol. The molecule has 0 bridgehead atoms. The first kappa shape index (κ1) is 15.3. The molecule has 7 heteroatoms. The van der Waals surface area contributed by atoms with Gasteiger partial charge in [0.05, 0.1) is 19.7 Å². The van der Waals surface area contributed by atoms with Crippen LogP contribution in [0.2, 0.25) is 0 Å². The Morgan fingerprint density at radius 3 is 2.42 bits per heavy atom. The highest BCUT2D eigenvalue weighted by atomic mass is 19.4. The summed E-state index contributed by atoms with van der Waals surface area (Å²) in [6, 6.07) is 6.57. The Morgan fingerprint density at radius 1 is 1.26 bits per heavy atom. The van der Waals surface area contributed by atoms with Crippen LogP contribution in [0.4, 0.5) is 18.9 Å². The summed E-state index contributed by atoms with van der Waals surface area (Å²) in [5.74, 6) is 0.129. The van der Waals surface area contributed by atoms with Crippen LogP contribution in [-0.4, -0.2) is 31.8 Å². The van der Waals surface area contributed by atoms with E-state index in [1.165, 1.54) is 0 Å². The highest BCUT2D eigenvalue weighted by Crippen LogP contribution is 2.15. The van der Waals surface area contributed by atoms with Crippen molar-refractivity contribution in [2.75, 3.05) is 25.0 Å². The van der Waals surface area contributed by atoms with Crippen molar-refractivity contribution < 1.29 is 22.7 Å². The fourth-order valence-corrected chi connectivity index (χ4v) is 1.32. The Labute approximate surface area is 108 Å². The number of amides is 1. The Bertz CT molecular complexity index is 404. The van der Waals surface area contributed by atoms with Crippen molar-refractivity contribution in [1.29, 1.82) is 0 Å². The predicted octanol–water partition coefficient (Wildman–Crippen LogP) is 2.18. The van der Waals surface area contributed by atoms with Crippen molar-refractivity contribution in [2.45, 2.75) is 13.1 Å². The second-order valence-electron chi connectivity index (χ2n) is 3.72. The summed E-state index contributed by atoms with van der Waals surface area (Å²) in [6.07, 6.45) is -4.32. The molecule has 19 heavy (non-hydrogen) atoms. The van der Waals surface area contributed by atoms with Crippen molar-refractivity contribution in [3.63, 3.8) is 0 Å². The third kappa shape index (κ3) is 6.66. The zero-order valence-corrected chi connectivity index (χ0v) is 10.4. The van der Waals surface area contributed by atoms with Gasteiger partial charge in [0.25, 0.3) is 0 Å². The first-order valence-electron chi connectivity index (χ1n) is 5.71. The highest BCUT2D eigenvalue weighted by molar-refractivity contribution is 5.92. The minimum atomic E-state index is -4.32. The molecule has 1 aromatic rings. The molecule has 0 saturated heterocycles. The van der Waals surface area contributed by atoms with Gasteiger partial charge in [0.2, 0.25) is 5.91 Å². The molecule has 2 N–H and O–H groups in total. The Hall–Kier alpha value is -1.76. The summed E-state index contributed by atoms with van der Waals surface area (Å²) >= 11 is 0. The van der Waals surface area contributed by atoms with Gasteiger partial charge in [0.15, 0.2) is 0 Å². The van der Waals surface area contributed by atoms with E-state index in [1.807, 2.05) is 12.2 Å². The van der Waals surface area contributed by atoms with E-state index < -0.39 is 25.2 Å². The fraction of sp³-hybridized carbons (Fsp3) is 0.417. The van der Waals surface area contributed by atoms with E-state index in [2.05, 4.69) is 5.32 Å². The summed E-state index contributed by atoms with van der Waals surface area (Å²) < 4.78 is 40.7. The van der Waals surface area contributed by atoms with Crippen molar-refractivity contribution in [1.82, 2.24) is 5.32 Å². The third-order valence-corrected chi connectivity index (χ3v) is 2.06. The van der Waals surface area contributed by atoms with Gasteiger partial charge in [-0.25, -0.2) is 0 Å². The summed E-state index contributed by atoms with van der Waals surface area (Å²) in [6.45, 7) is 0.797. The van der Waals surface area contributed by atoms with E-state index in [-0.39, 0.29) is 0 Å². The van der Waals surface area contributed by atoms with Gasteiger partial charge in [-0.2, -0.15) is 13.2 Å². The lowest BCUT2D eigenvalue weighted by atomic mass is 10.3. The van der Waals surface area contributed by atoms with Crippen LogP contribution in [0.15, 0.2) is 24.3 Å². The molecule has 0 heterocycles. The van der Waals surface area contributed by atoms with Crippen molar-refractivity contribution >= 4 is 11.6 Å².